The molecule has 0 N–H and O–H groups in total. The fourth-order valence-corrected chi connectivity index (χ4v) is 4.56. The number of hydrogen-bond donors (Lipinski definition) is 0. The normalized spacial score (nSPS) is 10.6. The third kappa shape index (κ3) is 6.98. The molecule has 7 nitrogen and oxygen atoms in total. The van der Waals surface area contributed by atoms with Gasteiger partial charge in [0.2, 0.25) is 0 Å². The summed E-state index contributed by atoms with van der Waals surface area (Å²) in [6, 6.07) is 12.8. The Morgan fingerprint density at radius 2 is 1.73 bits per heavy atom. The van der Waals surface area contributed by atoms with Crippen LogP contribution in [0.25, 0.3) is 11.1 Å². The lowest BCUT2D eigenvalue weighted by Crippen LogP contribution is -2.04. The van der Waals surface area contributed by atoms with Crippen LogP contribution >= 0.6 is 27.5 Å². The van der Waals surface area contributed by atoms with Crippen molar-refractivity contribution in [1.29, 1.82) is 5.26 Å². The monoisotopic (exact) mass is 619 g/mol. The van der Waals surface area contributed by atoms with Gasteiger partial charge in [0.15, 0.2) is 6.29 Å². The first-order valence-electron chi connectivity index (χ1n) is 12.6. The molecule has 204 valence electrons. The first-order valence-corrected chi connectivity index (χ1v) is 14.1. The minimum absolute atomic E-state index is 0.119. The summed E-state index contributed by atoms with van der Waals surface area (Å²) < 4.78 is 17.9. The molecule has 0 saturated heterocycles. The Morgan fingerprint density at radius 1 is 0.925 bits per heavy atom. The van der Waals surface area contributed by atoms with Crippen LogP contribution in [0.3, 0.4) is 0 Å². The second-order valence-corrected chi connectivity index (χ2v) is 10.2. The van der Waals surface area contributed by atoms with Crippen molar-refractivity contribution in [1.82, 2.24) is 9.97 Å². The van der Waals surface area contributed by atoms with Crippen molar-refractivity contribution in [3.63, 3.8) is 0 Å². The summed E-state index contributed by atoms with van der Waals surface area (Å²) in [6.45, 7) is 5.04. The van der Waals surface area contributed by atoms with Gasteiger partial charge in [-0.15, -0.1) is 0 Å². The maximum atomic E-state index is 11.7. The van der Waals surface area contributed by atoms with E-state index in [1.165, 1.54) is 12.3 Å². The van der Waals surface area contributed by atoms with Gasteiger partial charge in [0.05, 0.1) is 22.8 Å². The third-order valence-electron chi connectivity index (χ3n) is 6.32. The number of carbonyl (C=O) groups is 1. The summed E-state index contributed by atoms with van der Waals surface area (Å²) in [4.78, 5) is 20.2. The summed E-state index contributed by atoms with van der Waals surface area (Å²) in [5, 5.41) is 10.3. The van der Waals surface area contributed by atoms with Gasteiger partial charge >= 0.3 is 0 Å². The van der Waals surface area contributed by atoms with E-state index in [-0.39, 0.29) is 23.8 Å². The SMILES string of the molecule is Cc1c(COc2cc(OCc3cncc(C#N)c3)c(C=O)cc2Cl)cncc1-c1cccc(OCCCBr)c1C. The van der Waals surface area contributed by atoms with Crippen LogP contribution in [0.1, 0.15) is 44.6 Å². The summed E-state index contributed by atoms with van der Waals surface area (Å²) in [6.07, 6.45) is 8.28. The van der Waals surface area contributed by atoms with Crippen LogP contribution in [0.2, 0.25) is 5.02 Å². The average Bonchev–Trinajstić information content (AvgIpc) is 2.97. The topological polar surface area (TPSA) is 94.3 Å². The molecule has 4 rings (SSSR count). The molecular weight excluding hydrogens is 594 g/mol. The molecule has 40 heavy (non-hydrogen) atoms. The third-order valence-corrected chi connectivity index (χ3v) is 7.18. The molecule has 0 atom stereocenters. The van der Waals surface area contributed by atoms with Gasteiger partial charge in [-0.25, -0.2) is 0 Å². The van der Waals surface area contributed by atoms with Crippen LogP contribution in [0.4, 0.5) is 0 Å². The maximum Gasteiger partial charge on any atom is 0.153 e. The molecule has 0 fully saturated rings. The number of nitriles is 1. The van der Waals surface area contributed by atoms with Crippen molar-refractivity contribution in [2.75, 3.05) is 11.9 Å². The van der Waals surface area contributed by atoms with E-state index in [0.717, 1.165) is 45.3 Å². The van der Waals surface area contributed by atoms with Crippen LogP contribution in [-0.4, -0.2) is 28.2 Å². The van der Waals surface area contributed by atoms with Gasteiger partial charge < -0.3 is 14.2 Å². The standard InChI is InChI=1S/C31H27BrClN3O4/c1-20-25(15-36-16-27(20)26-5-3-6-29(21(26)2)38-8-4-7-32)19-40-31-11-30(24(17-37)10-28(31)33)39-18-23-9-22(12-34)13-35-14-23/h3,5-6,9-11,13-17H,4,7-8,18-19H2,1-2H3. The number of rotatable bonds is 12. The van der Waals surface area contributed by atoms with Crippen molar-refractivity contribution in [2.45, 2.75) is 33.5 Å². The largest absolute Gasteiger partial charge is 0.493 e. The lowest BCUT2D eigenvalue weighted by molar-refractivity contribution is 0.111. The molecule has 2 aromatic carbocycles. The molecule has 0 amide bonds. The highest BCUT2D eigenvalue weighted by molar-refractivity contribution is 9.09. The summed E-state index contributed by atoms with van der Waals surface area (Å²) >= 11 is 9.88. The molecule has 0 bridgehead atoms. The van der Waals surface area contributed by atoms with Gasteiger partial charge in [0, 0.05) is 52.9 Å². The number of alkyl halides is 1. The van der Waals surface area contributed by atoms with Gasteiger partial charge in [0.25, 0.3) is 0 Å². The van der Waals surface area contributed by atoms with E-state index in [1.807, 2.05) is 38.2 Å². The number of aromatic nitrogens is 2. The number of halogens is 2. The second-order valence-electron chi connectivity index (χ2n) is 9.00. The van der Waals surface area contributed by atoms with E-state index in [4.69, 9.17) is 31.1 Å². The quantitative estimate of drug-likeness (QED) is 0.0924. The minimum Gasteiger partial charge on any atom is -0.493 e. The minimum atomic E-state index is 0.119. The molecule has 4 aromatic rings. The summed E-state index contributed by atoms with van der Waals surface area (Å²) in [7, 11) is 0. The van der Waals surface area contributed by atoms with Crippen LogP contribution < -0.4 is 14.2 Å². The molecule has 0 radical (unpaired) electrons. The Bertz CT molecular complexity index is 1550. The van der Waals surface area contributed by atoms with E-state index in [9.17, 15) is 4.79 Å². The summed E-state index contributed by atoms with van der Waals surface area (Å²) in [5.74, 6) is 1.53. The molecular formula is C31H27BrClN3O4. The number of carbonyl (C=O) groups excluding carboxylic acids is 1. The second kappa shape index (κ2) is 13.9. The predicted molar refractivity (Wildman–Crippen MR) is 158 cm³/mol. The number of hydrogen-bond acceptors (Lipinski definition) is 7. The van der Waals surface area contributed by atoms with Gasteiger partial charge in [-0.2, -0.15) is 5.26 Å². The van der Waals surface area contributed by atoms with E-state index in [2.05, 4.69) is 32.0 Å². The Balaban J connectivity index is 1.53. The maximum absolute atomic E-state index is 11.7. The van der Waals surface area contributed by atoms with Crippen molar-refractivity contribution in [3.05, 3.63) is 99.6 Å². The molecule has 0 aliphatic rings. The van der Waals surface area contributed by atoms with E-state index >= 15 is 0 Å². The highest BCUT2D eigenvalue weighted by Crippen LogP contribution is 2.35. The molecule has 0 aliphatic heterocycles. The zero-order valence-electron chi connectivity index (χ0n) is 22.1. The fourth-order valence-electron chi connectivity index (χ4n) is 4.11. The van der Waals surface area contributed by atoms with Crippen LogP contribution in [-0.2, 0) is 13.2 Å². The van der Waals surface area contributed by atoms with Crippen LogP contribution in [0.5, 0.6) is 17.2 Å². The lowest BCUT2D eigenvalue weighted by atomic mass is 9.95. The fraction of sp³-hybridized carbons (Fsp3) is 0.226. The van der Waals surface area contributed by atoms with Gasteiger partial charge in [0.1, 0.15) is 36.5 Å². The number of aldehydes is 1. The molecule has 9 heteroatoms. The zero-order chi connectivity index (χ0) is 28.5. The van der Waals surface area contributed by atoms with Crippen molar-refractivity contribution < 1.29 is 19.0 Å². The Kier molecular flexibility index (Phi) is 10.1. The predicted octanol–water partition coefficient (Wildman–Crippen LogP) is 7.42. The Hall–Kier alpha value is -3.93. The van der Waals surface area contributed by atoms with Crippen molar-refractivity contribution >= 4 is 33.8 Å². The molecule has 0 spiro atoms. The molecule has 2 aromatic heterocycles. The van der Waals surface area contributed by atoms with E-state index in [0.29, 0.717) is 35.5 Å². The lowest BCUT2D eigenvalue weighted by Gasteiger charge is -2.17. The molecule has 2 heterocycles. The number of pyridine rings is 2. The Labute approximate surface area is 246 Å². The first-order chi connectivity index (χ1) is 19.4. The summed E-state index contributed by atoms with van der Waals surface area (Å²) in [5.41, 5.74) is 6.40. The van der Waals surface area contributed by atoms with Gasteiger partial charge in [-0.1, -0.05) is 39.7 Å². The molecule has 0 saturated carbocycles. The zero-order valence-corrected chi connectivity index (χ0v) is 24.5. The van der Waals surface area contributed by atoms with E-state index in [1.54, 1.807) is 24.5 Å². The van der Waals surface area contributed by atoms with Crippen LogP contribution in [0, 0.1) is 25.2 Å². The molecule has 0 aliphatic carbocycles. The first kappa shape index (κ1) is 29.1. The number of nitrogens with zero attached hydrogens (tertiary/aromatic N) is 3. The Morgan fingerprint density at radius 3 is 2.50 bits per heavy atom. The van der Waals surface area contributed by atoms with Gasteiger partial charge in [-0.05, 0) is 55.2 Å². The highest BCUT2D eigenvalue weighted by Gasteiger charge is 2.15. The number of benzene rings is 2. The van der Waals surface area contributed by atoms with Crippen LogP contribution in [0.15, 0.2) is 61.2 Å². The van der Waals surface area contributed by atoms with Crippen molar-refractivity contribution in [2.24, 2.45) is 0 Å². The van der Waals surface area contributed by atoms with Crippen molar-refractivity contribution in [3.8, 4) is 34.4 Å². The molecule has 0 unspecified atom stereocenters. The van der Waals surface area contributed by atoms with E-state index < -0.39 is 0 Å². The van der Waals surface area contributed by atoms with Gasteiger partial charge in [-0.3, -0.25) is 14.8 Å². The highest BCUT2D eigenvalue weighted by atomic mass is 79.9. The smallest absolute Gasteiger partial charge is 0.153 e. The number of ether oxygens (including phenoxy) is 3. The average molecular weight is 621 g/mol.